The van der Waals surface area contributed by atoms with Crippen LogP contribution in [0.25, 0.3) is 22.6 Å². The molecule has 0 bridgehead atoms. The minimum atomic E-state index is -0.299. The average molecular weight is 460 g/mol. The number of aryl methyl sites for hydroxylation is 2. The Labute approximate surface area is 198 Å². The molecule has 0 spiro atoms. The van der Waals surface area contributed by atoms with Crippen molar-refractivity contribution < 1.29 is 13.9 Å². The van der Waals surface area contributed by atoms with Crippen molar-refractivity contribution in [2.24, 2.45) is 0 Å². The number of oxazole rings is 1. The van der Waals surface area contributed by atoms with E-state index in [1.807, 2.05) is 64.1 Å². The second-order valence-corrected chi connectivity index (χ2v) is 8.53. The van der Waals surface area contributed by atoms with Gasteiger partial charge in [0.05, 0.1) is 6.10 Å². The number of nitrogens with zero attached hydrogens (tertiary/aromatic N) is 1. The van der Waals surface area contributed by atoms with Crippen LogP contribution in [-0.4, -0.2) is 22.1 Å². The number of ether oxygens (including phenoxy) is 1. The van der Waals surface area contributed by atoms with Gasteiger partial charge in [0, 0.05) is 16.8 Å². The van der Waals surface area contributed by atoms with Crippen LogP contribution in [0.3, 0.4) is 0 Å². The van der Waals surface area contributed by atoms with Crippen LogP contribution in [0.1, 0.15) is 35.3 Å². The molecule has 4 rings (SSSR count). The fraction of sp³-hybridized carbons (Fsp3) is 0.192. The number of aromatic nitrogens is 1. The molecule has 33 heavy (non-hydrogen) atoms. The molecule has 7 heteroatoms. The smallest absolute Gasteiger partial charge is 0.257 e. The Morgan fingerprint density at radius 1 is 1.03 bits per heavy atom. The largest absolute Gasteiger partial charge is 0.491 e. The van der Waals surface area contributed by atoms with Crippen molar-refractivity contribution in [3.8, 4) is 17.2 Å². The molecule has 1 heterocycles. The summed E-state index contributed by atoms with van der Waals surface area (Å²) in [5.41, 5.74) is 5.69. The number of hydrogen-bond acceptors (Lipinski definition) is 5. The lowest BCUT2D eigenvalue weighted by Gasteiger charge is -2.13. The lowest BCUT2D eigenvalue weighted by molar-refractivity contribution is 0.0977. The van der Waals surface area contributed by atoms with Crippen molar-refractivity contribution in [1.29, 1.82) is 0 Å². The van der Waals surface area contributed by atoms with Crippen LogP contribution in [0, 0.1) is 13.8 Å². The predicted molar refractivity (Wildman–Crippen MR) is 135 cm³/mol. The molecule has 168 valence electrons. The van der Waals surface area contributed by atoms with Gasteiger partial charge in [0.15, 0.2) is 10.7 Å². The van der Waals surface area contributed by atoms with Gasteiger partial charge in [-0.3, -0.25) is 10.1 Å². The van der Waals surface area contributed by atoms with Gasteiger partial charge < -0.3 is 14.5 Å². The van der Waals surface area contributed by atoms with E-state index < -0.39 is 0 Å². The molecule has 0 aliphatic rings. The zero-order valence-corrected chi connectivity index (χ0v) is 19.7. The summed E-state index contributed by atoms with van der Waals surface area (Å²) in [5.74, 6) is 0.938. The van der Waals surface area contributed by atoms with Gasteiger partial charge in [-0.2, -0.15) is 0 Å². The van der Waals surface area contributed by atoms with Crippen LogP contribution in [-0.2, 0) is 0 Å². The molecule has 0 fully saturated rings. The van der Waals surface area contributed by atoms with Crippen molar-refractivity contribution in [2.45, 2.75) is 33.8 Å². The summed E-state index contributed by atoms with van der Waals surface area (Å²) in [6.45, 7) is 7.87. The average Bonchev–Trinajstić information content (AvgIpc) is 3.18. The van der Waals surface area contributed by atoms with E-state index in [1.165, 1.54) is 0 Å². The Hall–Kier alpha value is -3.71. The summed E-state index contributed by atoms with van der Waals surface area (Å²) in [7, 11) is 0. The Balaban J connectivity index is 1.46. The fourth-order valence-electron chi connectivity index (χ4n) is 3.33. The molecule has 2 N–H and O–H groups in total. The maximum atomic E-state index is 12.6. The molecule has 0 aliphatic heterocycles. The molecule has 0 radical (unpaired) electrons. The normalized spacial score (nSPS) is 10.9. The first-order valence-electron chi connectivity index (χ1n) is 10.7. The minimum Gasteiger partial charge on any atom is -0.491 e. The summed E-state index contributed by atoms with van der Waals surface area (Å²) in [6, 6.07) is 18.7. The van der Waals surface area contributed by atoms with Gasteiger partial charge in [-0.15, -0.1) is 0 Å². The monoisotopic (exact) mass is 459 g/mol. The summed E-state index contributed by atoms with van der Waals surface area (Å²) in [5, 5.41) is 6.03. The number of rotatable bonds is 5. The van der Waals surface area contributed by atoms with E-state index in [1.54, 1.807) is 24.3 Å². The molecule has 0 aliphatic carbocycles. The number of carbonyl (C=O) groups excluding carboxylic acids is 1. The van der Waals surface area contributed by atoms with Crippen molar-refractivity contribution in [3.05, 3.63) is 77.4 Å². The van der Waals surface area contributed by atoms with Crippen molar-refractivity contribution >= 4 is 40.0 Å². The van der Waals surface area contributed by atoms with Crippen LogP contribution in [0.2, 0.25) is 0 Å². The number of hydrogen-bond donors (Lipinski definition) is 2. The standard InChI is InChI=1S/C26H25N3O3S/c1-15(2)31-20-10-8-18(9-11-20)24(30)29-26(33)28-22-14-19(7-6-17(22)4)25-27-21-12-5-16(3)13-23(21)32-25/h5-15H,1-4H3,(H2,28,29,30,33). The summed E-state index contributed by atoms with van der Waals surface area (Å²) in [6.07, 6.45) is 0.0688. The van der Waals surface area contributed by atoms with E-state index in [0.717, 1.165) is 33.5 Å². The van der Waals surface area contributed by atoms with E-state index in [0.29, 0.717) is 17.2 Å². The van der Waals surface area contributed by atoms with Crippen molar-refractivity contribution in [2.75, 3.05) is 5.32 Å². The molecule has 1 aromatic heterocycles. The van der Waals surface area contributed by atoms with E-state index in [2.05, 4.69) is 15.6 Å². The number of anilines is 1. The first-order valence-corrected chi connectivity index (χ1v) is 11.1. The predicted octanol–water partition coefficient (Wildman–Crippen LogP) is 6.03. The number of fused-ring (bicyclic) bond motifs is 1. The van der Waals surface area contributed by atoms with Crippen LogP contribution < -0.4 is 15.4 Å². The molecule has 3 aromatic carbocycles. The van der Waals surface area contributed by atoms with Gasteiger partial charge in [-0.1, -0.05) is 12.1 Å². The first-order chi connectivity index (χ1) is 15.8. The zero-order valence-electron chi connectivity index (χ0n) is 18.9. The second kappa shape index (κ2) is 9.42. The fourth-order valence-corrected chi connectivity index (χ4v) is 3.53. The molecule has 0 saturated carbocycles. The highest BCUT2D eigenvalue weighted by atomic mass is 32.1. The van der Waals surface area contributed by atoms with Crippen LogP contribution in [0.5, 0.6) is 5.75 Å². The maximum absolute atomic E-state index is 12.6. The van der Waals surface area contributed by atoms with E-state index in [9.17, 15) is 4.79 Å². The molecule has 6 nitrogen and oxygen atoms in total. The molecule has 1 amide bonds. The Morgan fingerprint density at radius 2 is 1.79 bits per heavy atom. The summed E-state index contributed by atoms with van der Waals surface area (Å²) >= 11 is 5.37. The lowest BCUT2D eigenvalue weighted by Crippen LogP contribution is -2.34. The lowest BCUT2D eigenvalue weighted by atomic mass is 10.1. The third-order valence-electron chi connectivity index (χ3n) is 4.99. The van der Waals surface area contributed by atoms with Crippen LogP contribution in [0.4, 0.5) is 5.69 Å². The molecule has 0 saturated heterocycles. The maximum Gasteiger partial charge on any atom is 0.257 e. The number of thiocarbonyl (C=S) groups is 1. The Kier molecular flexibility index (Phi) is 6.42. The van der Waals surface area contributed by atoms with Gasteiger partial charge in [-0.25, -0.2) is 4.98 Å². The summed E-state index contributed by atoms with van der Waals surface area (Å²) < 4.78 is 11.6. The Bertz CT molecular complexity index is 1330. The van der Waals surface area contributed by atoms with E-state index in [4.69, 9.17) is 21.4 Å². The third-order valence-corrected chi connectivity index (χ3v) is 5.20. The molecule has 0 unspecified atom stereocenters. The van der Waals surface area contributed by atoms with Gasteiger partial charge in [0.25, 0.3) is 5.91 Å². The van der Waals surface area contributed by atoms with Gasteiger partial charge >= 0.3 is 0 Å². The highest BCUT2D eigenvalue weighted by molar-refractivity contribution is 7.80. The van der Waals surface area contributed by atoms with Crippen molar-refractivity contribution in [1.82, 2.24) is 10.3 Å². The van der Waals surface area contributed by atoms with Gasteiger partial charge in [-0.05, 0) is 99.6 Å². The van der Waals surface area contributed by atoms with E-state index >= 15 is 0 Å². The highest BCUT2D eigenvalue weighted by Gasteiger charge is 2.13. The minimum absolute atomic E-state index is 0.0688. The highest BCUT2D eigenvalue weighted by Crippen LogP contribution is 2.28. The number of benzene rings is 3. The quantitative estimate of drug-likeness (QED) is 0.355. The molecular weight excluding hydrogens is 434 g/mol. The molecule has 4 aromatic rings. The summed E-state index contributed by atoms with van der Waals surface area (Å²) in [4.78, 5) is 17.2. The molecule has 0 atom stereocenters. The third kappa shape index (κ3) is 5.38. The number of carbonyl (C=O) groups is 1. The topological polar surface area (TPSA) is 76.4 Å². The van der Waals surface area contributed by atoms with Gasteiger partial charge in [0.1, 0.15) is 11.3 Å². The number of amides is 1. The van der Waals surface area contributed by atoms with Crippen LogP contribution >= 0.6 is 12.2 Å². The van der Waals surface area contributed by atoms with Gasteiger partial charge in [0.2, 0.25) is 5.89 Å². The van der Waals surface area contributed by atoms with E-state index in [-0.39, 0.29) is 17.1 Å². The van der Waals surface area contributed by atoms with Crippen molar-refractivity contribution in [3.63, 3.8) is 0 Å². The molecular formula is C26H25N3O3S. The SMILES string of the molecule is Cc1ccc2nc(-c3ccc(C)c(NC(=S)NC(=O)c4ccc(OC(C)C)cc4)c3)oc2c1. The Morgan fingerprint density at radius 3 is 2.52 bits per heavy atom. The second-order valence-electron chi connectivity index (χ2n) is 8.12. The zero-order chi connectivity index (χ0) is 23.5. The first kappa shape index (κ1) is 22.5. The number of nitrogens with one attached hydrogen (secondary N) is 2. The van der Waals surface area contributed by atoms with Crippen LogP contribution in [0.15, 0.2) is 65.1 Å².